The van der Waals surface area contributed by atoms with Gasteiger partial charge in [-0.05, 0) is 53.6 Å². The summed E-state index contributed by atoms with van der Waals surface area (Å²) in [6.07, 6.45) is -4.89. The molecule has 3 aromatic carbocycles. The van der Waals surface area contributed by atoms with E-state index in [1.807, 2.05) is 6.07 Å². The molecule has 6 nitrogen and oxygen atoms in total. The first kappa shape index (κ1) is 26.7. The highest BCUT2D eigenvalue weighted by atomic mass is 19.4. The molecule has 0 spiro atoms. The number of methoxy groups -OCH3 is 1. The Bertz CT molecular complexity index is 1220. The summed E-state index contributed by atoms with van der Waals surface area (Å²) >= 11 is 0. The zero-order valence-electron chi connectivity index (χ0n) is 19.4. The van der Waals surface area contributed by atoms with Crippen molar-refractivity contribution in [2.45, 2.75) is 6.18 Å². The van der Waals surface area contributed by atoms with Crippen LogP contribution in [0.1, 0.15) is 11.1 Å². The Kier molecular flexibility index (Phi) is 9.00. The summed E-state index contributed by atoms with van der Waals surface area (Å²) in [5.74, 6) is -1.42. The molecule has 0 saturated heterocycles. The van der Waals surface area contributed by atoms with Crippen molar-refractivity contribution < 1.29 is 27.1 Å². The van der Waals surface area contributed by atoms with Crippen LogP contribution >= 0.6 is 0 Å². The van der Waals surface area contributed by atoms with Gasteiger partial charge in [0.05, 0.1) is 23.8 Å². The van der Waals surface area contributed by atoms with Crippen molar-refractivity contribution in [3.8, 4) is 17.2 Å². The number of nitrogens with one attached hydrogen (secondary N) is 2. The van der Waals surface area contributed by atoms with Crippen LogP contribution in [-0.2, 0) is 10.9 Å². The van der Waals surface area contributed by atoms with Crippen molar-refractivity contribution >= 4 is 17.4 Å². The molecule has 0 aliphatic heterocycles. The number of hydrogen-bond acceptors (Lipinski definition) is 4. The van der Waals surface area contributed by atoms with Gasteiger partial charge < -0.3 is 15.4 Å². The van der Waals surface area contributed by atoms with Gasteiger partial charge in [-0.2, -0.15) is 18.4 Å². The van der Waals surface area contributed by atoms with E-state index < -0.39 is 23.6 Å². The zero-order valence-corrected chi connectivity index (χ0v) is 19.4. The van der Waals surface area contributed by atoms with Crippen LogP contribution in [0, 0.1) is 17.1 Å². The van der Waals surface area contributed by atoms with Crippen LogP contribution in [0.4, 0.5) is 33.7 Å². The SMILES string of the molecule is COCCNCCN(C(=O)Nc1ccc(F)c(C(F)(F)F)c1)c1ccc(-c2cccc(C#N)c2)cc1. The fourth-order valence-corrected chi connectivity index (χ4v) is 3.45. The molecule has 36 heavy (non-hydrogen) atoms. The van der Waals surface area contributed by atoms with E-state index in [2.05, 4.69) is 16.7 Å². The molecule has 0 aliphatic carbocycles. The maximum atomic E-state index is 13.6. The number of anilines is 2. The highest BCUT2D eigenvalue weighted by molar-refractivity contribution is 6.02. The predicted molar refractivity (Wildman–Crippen MR) is 129 cm³/mol. The number of ether oxygens (including phenoxy) is 1. The largest absolute Gasteiger partial charge is 0.419 e. The van der Waals surface area contributed by atoms with Crippen LogP contribution < -0.4 is 15.5 Å². The number of hydrogen-bond donors (Lipinski definition) is 2. The lowest BCUT2D eigenvalue weighted by Gasteiger charge is -2.24. The summed E-state index contributed by atoms with van der Waals surface area (Å²) in [7, 11) is 1.56. The third-order valence-electron chi connectivity index (χ3n) is 5.27. The number of halogens is 4. The molecular weight excluding hydrogens is 476 g/mol. The number of carbonyl (C=O) groups excluding carboxylic acids is 1. The van der Waals surface area contributed by atoms with Crippen LogP contribution in [0.25, 0.3) is 11.1 Å². The first-order valence-electron chi connectivity index (χ1n) is 11.0. The molecule has 0 atom stereocenters. The van der Waals surface area contributed by atoms with Crippen molar-refractivity contribution in [2.75, 3.05) is 43.6 Å². The monoisotopic (exact) mass is 500 g/mol. The van der Waals surface area contributed by atoms with E-state index in [1.54, 1.807) is 49.6 Å². The van der Waals surface area contributed by atoms with E-state index in [0.29, 0.717) is 43.1 Å². The Balaban J connectivity index is 1.83. The van der Waals surface area contributed by atoms with Gasteiger partial charge in [0.1, 0.15) is 5.82 Å². The molecule has 0 unspecified atom stereocenters. The molecule has 10 heteroatoms. The number of alkyl halides is 3. The van der Waals surface area contributed by atoms with Crippen molar-refractivity contribution in [2.24, 2.45) is 0 Å². The standard InChI is InChI=1S/C26H24F4N4O2/c1-36-14-12-32-11-13-34(25(35)33-21-7-10-24(27)23(16-21)26(28,29)30)22-8-5-19(6-9-22)20-4-2-3-18(15-20)17-31/h2-10,15-16,32H,11-14H2,1H3,(H,33,35). The van der Waals surface area contributed by atoms with Crippen LogP contribution in [0.5, 0.6) is 0 Å². The highest BCUT2D eigenvalue weighted by Crippen LogP contribution is 2.33. The first-order valence-corrected chi connectivity index (χ1v) is 11.0. The lowest BCUT2D eigenvalue weighted by atomic mass is 10.0. The third-order valence-corrected chi connectivity index (χ3v) is 5.27. The Morgan fingerprint density at radius 1 is 1.03 bits per heavy atom. The van der Waals surface area contributed by atoms with Crippen LogP contribution in [0.3, 0.4) is 0 Å². The Morgan fingerprint density at radius 3 is 2.44 bits per heavy atom. The van der Waals surface area contributed by atoms with Crippen LogP contribution in [0.2, 0.25) is 0 Å². The summed E-state index contributed by atoms with van der Waals surface area (Å²) in [6, 6.07) is 17.7. The second-order valence-electron chi connectivity index (χ2n) is 7.76. The molecule has 0 aromatic heterocycles. The molecule has 0 fully saturated rings. The average Bonchev–Trinajstić information content (AvgIpc) is 2.87. The molecule has 0 bridgehead atoms. The van der Waals surface area contributed by atoms with E-state index >= 15 is 0 Å². The quantitative estimate of drug-likeness (QED) is 0.294. The second kappa shape index (κ2) is 12.2. The van der Waals surface area contributed by atoms with Gasteiger partial charge >= 0.3 is 12.2 Å². The summed E-state index contributed by atoms with van der Waals surface area (Å²) in [5, 5.41) is 14.7. The summed E-state index contributed by atoms with van der Waals surface area (Å²) in [4.78, 5) is 14.4. The van der Waals surface area contributed by atoms with E-state index in [-0.39, 0.29) is 12.2 Å². The van der Waals surface area contributed by atoms with E-state index in [4.69, 9.17) is 10.00 Å². The molecule has 3 aromatic rings. The van der Waals surface area contributed by atoms with Gasteiger partial charge in [0, 0.05) is 38.1 Å². The van der Waals surface area contributed by atoms with Crippen molar-refractivity contribution in [3.05, 3.63) is 83.7 Å². The van der Waals surface area contributed by atoms with E-state index in [9.17, 15) is 22.4 Å². The van der Waals surface area contributed by atoms with E-state index in [1.165, 1.54) is 4.90 Å². The molecule has 0 saturated carbocycles. The Hall–Kier alpha value is -3.94. The normalized spacial score (nSPS) is 11.1. The van der Waals surface area contributed by atoms with Gasteiger partial charge in [0.2, 0.25) is 0 Å². The second-order valence-corrected chi connectivity index (χ2v) is 7.76. The van der Waals surface area contributed by atoms with Gasteiger partial charge in [-0.15, -0.1) is 0 Å². The minimum absolute atomic E-state index is 0.184. The summed E-state index contributed by atoms with van der Waals surface area (Å²) in [5.41, 5.74) is 1.01. The lowest BCUT2D eigenvalue weighted by molar-refractivity contribution is -0.139. The molecule has 2 amide bonds. The fraction of sp³-hybridized carbons (Fsp3) is 0.231. The Labute approximate surface area is 206 Å². The number of urea groups is 1. The molecule has 0 aliphatic rings. The van der Waals surface area contributed by atoms with Crippen LogP contribution in [-0.4, -0.2) is 39.4 Å². The smallest absolute Gasteiger partial charge is 0.383 e. The van der Waals surface area contributed by atoms with Crippen molar-refractivity contribution in [1.29, 1.82) is 5.26 Å². The van der Waals surface area contributed by atoms with E-state index in [0.717, 1.165) is 17.2 Å². The van der Waals surface area contributed by atoms with Crippen LogP contribution in [0.15, 0.2) is 66.7 Å². The maximum absolute atomic E-state index is 13.6. The average molecular weight is 500 g/mol. The minimum atomic E-state index is -4.89. The summed E-state index contributed by atoms with van der Waals surface area (Å²) < 4.78 is 57.9. The molecule has 3 rings (SSSR count). The number of carbonyl (C=O) groups is 1. The van der Waals surface area contributed by atoms with Gasteiger partial charge in [0.25, 0.3) is 0 Å². The number of benzene rings is 3. The lowest BCUT2D eigenvalue weighted by Crippen LogP contribution is -2.40. The predicted octanol–water partition coefficient (Wildman–Crippen LogP) is 5.66. The highest BCUT2D eigenvalue weighted by Gasteiger charge is 2.34. The first-order chi connectivity index (χ1) is 17.2. The molecule has 2 N–H and O–H groups in total. The van der Waals surface area contributed by atoms with Gasteiger partial charge in [-0.3, -0.25) is 4.90 Å². The van der Waals surface area contributed by atoms with Crippen molar-refractivity contribution in [3.63, 3.8) is 0 Å². The molecule has 188 valence electrons. The zero-order chi connectivity index (χ0) is 26.1. The van der Waals surface area contributed by atoms with Gasteiger partial charge in [0.15, 0.2) is 0 Å². The molecule has 0 heterocycles. The number of amides is 2. The number of rotatable bonds is 9. The minimum Gasteiger partial charge on any atom is -0.383 e. The fourth-order valence-electron chi connectivity index (χ4n) is 3.45. The third kappa shape index (κ3) is 7.04. The van der Waals surface area contributed by atoms with Gasteiger partial charge in [-0.1, -0.05) is 24.3 Å². The molecular formula is C26H24F4N4O2. The maximum Gasteiger partial charge on any atom is 0.419 e. The molecule has 0 radical (unpaired) electrons. The number of nitrogens with zero attached hydrogens (tertiary/aromatic N) is 2. The van der Waals surface area contributed by atoms with Crippen molar-refractivity contribution in [1.82, 2.24) is 5.32 Å². The Morgan fingerprint density at radius 2 is 1.78 bits per heavy atom. The topological polar surface area (TPSA) is 77.4 Å². The number of nitriles is 1. The van der Waals surface area contributed by atoms with Gasteiger partial charge in [-0.25, -0.2) is 9.18 Å². The summed E-state index contributed by atoms with van der Waals surface area (Å²) in [6.45, 7) is 1.61.